The molecule has 42 heavy (non-hydrogen) atoms. The first-order valence-corrected chi connectivity index (χ1v) is 15.5. The van der Waals surface area contributed by atoms with Crippen molar-refractivity contribution in [3.8, 4) is 0 Å². The predicted molar refractivity (Wildman–Crippen MR) is 163 cm³/mol. The molecule has 3 amide bonds. The highest BCUT2D eigenvalue weighted by molar-refractivity contribution is 6.30. The van der Waals surface area contributed by atoms with E-state index in [2.05, 4.69) is 10.6 Å². The van der Waals surface area contributed by atoms with E-state index < -0.39 is 23.2 Å². The summed E-state index contributed by atoms with van der Waals surface area (Å²) in [6.45, 7) is 5.29. The van der Waals surface area contributed by atoms with Crippen molar-refractivity contribution in [2.45, 2.75) is 83.5 Å². The van der Waals surface area contributed by atoms with Crippen LogP contribution in [0.15, 0.2) is 54.6 Å². The maximum absolute atomic E-state index is 13.8. The molecule has 1 heterocycles. The van der Waals surface area contributed by atoms with Gasteiger partial charge in [0.15, 0.2) is 0 Å². The maximum atomic E-state index is 13.8. The summed E-state index contributed by atoms with van der Waals surface area (Å²) in [7, 11) is 0. The predicted octanol–water partition coefficient (Wildman–Crippen LogP) is 5.56. The minimum absolute atomic E-state index is 0.0471. The van der Waals surface area contributed by atoms with Crippen LogP contribution >= 0.6 is 11.6 Å². The van der Waals surface area contributed by atoms with Gasteiger partial charge in [-0.25, -0.2) is 4.79 Å². The van der Waals surface area contributed by atoms with Gasteiger partial charge in [-0.3, -0.25) is 9.59 Å². The number of likely N-dealkylation sites (tertiary alicyclic amines) is 1. The number of rotatable bonds is 11. The number of carbonyl (C=O) groups excluding carboxylic acids is 3. The summed E-state index contributed by atoms with van der Waals surface area (Å²) in [5.74, 6) is -0.223. The molecule has 1 aliphatic carbocycles. The highest BCUT2D eigenvalue weighted by atomic mass is 35.5. The third-order valence-corrected chi connectivity index (χ3v) is 9.08. The van der Waals surface area contributed by atoms with Crippen molar-refractivity contribution in [2.24, 2.45) is 11.3 Å². The summed E-state index contributed by atoms with van der Waals surface area (Å²) in [5.41, 5.74) is -0.0410. The molecule has 8 nitrogen and oxygen atoms in total. The van der Waals surface area contributed by atoms with Crippen LogP contribution in [-0.2, 0) is 26.5 Å². The average molecular weight is 598 g/mol. The molecule has 3 N–H and O–H groups in total. The van der Waals surface area contributed by atoms with Crippen LogP contribution in [0.4, 0.5) is 4.79 Å². The average Bonchev–Trinajstić information content (AvgIpc) is 3.53. The number of halogens is 1. The first-order chi connectivity index (χ1) is 20.1. The van der Waals surface area contributed by atoms with Crippen LogP contribution in [-0.4, -0.2) is 53.6 Å². The van der Waals surface area contributed by atoms with Crippen molar-refractivity contribution < 1.29 is 24.2 Å². The normalized spacial score (nSPS) is 21.0. The summed E-state index contributed by atoms with van der Waals surface area (Å²) < 4.78 is 5.26. The summed E-state index contributed by atoms with van der Waals surface area (Å²) in [6, 6.07) is 16.1. The molecule has 2 fully saturated rings. The van der Waals surface area contributed by atoms with Crippen molar-refractivity contribution in [3.05, 3.63) is 70.7 Å². The molecule has 2 aliphatic rings. The van der Waals surface area contributed by atoms with Gasteiger partial charge in [-0.2, -0.15) is 0 Å². The molecule has 2 aromatic rings. The lowest BCUT2D eigenvalue weighted by molar-refractivity contribution is -0.156. The molecule has 1 aliphatic heterocycles. The Kier molecular flexibility index (Phi) is 10.9. The van der Waals surface area contributed by atoms with E-state index in [4.69, 9.17) is 16.3 Å². The molecule has 0 radical (unpaired) electrons. The quantitative estimate of drug-likeness (QED) is 0.294. The van der Waals surface area contributed by atoms with Crippen LogP contribution in [0.5, 0.6) is 0 Å². The van der Waals surface area contributed by atoms with E-state index in [1.165, 1.54) is 0 Å². The number of ether oxygens (including phenoxy) is 1. The van der Waals surface area contributed by atoms with Gasteiger partial charge in [-0.1, -0.05) is 80.8 Å². The summed E-state index contributed by atoms with van der Waals surface area (Å²) in [6.07, 6.45) is 5.43. The molecule has 0 unspecified atom stereocenters. The number of piperidine rings is 1. The molecule has 9 heteroatoms. The Morgan fingerprint density at radius 1 is 1.05 bits per heavy atom. The van der Waals surface area contributed by atoms with Gasteiger partial charge in [-0.05, 0) is 61.8 Å². The molecular formula is C33H44ClN3O5. The number of hydrogen-bond acceptors (Lipinski definition) is 5. The number of unbranched alkanes of at least 4 members (excludes halogenated alkanes) is 1. The standard InChI is InChI=1S/C33H44ClN3O5/c1-32(2)23-37(21-19-33(32,41)26-15-17-27(34)18-16-26)30(39)28(36-29(38)25-12-6-7-13-25)14-8-9-20-35-31(40)42-22-24-10-4-3-5-11-24/h3-5,10-11,15-18,25,28,41H,6-9,12-14,19-23H2,1-2H3,(H,35,40)(H,36,38)/t28-,33+/m1/s1. The lowest BCUT2D eigenvalue weighted by Gasteiger charge is -2.51. The van der Waals surface area contributed by atoms with Gasteiger partial charge in [0.1, 0.15) is 12.6 Å². The van der Waals surface area contributed by atoms with E-state index in [0.717, 1.165) is 36.8 Å². The summed E-state index contributed by atoms with van der Waals surface area (Å²) >= 11 is 6.07. The van der Waals surface area contributed by atoms with Crippen LogP contribution < -0.4 is 10.6 Å². The maximum Gasteiger partial charge on any atom is 0.407 e. The smallest absolute Gasteiger partial charge is 0.407 e. The van der Waals surface area contributed by atoms with E-state index in [0.29, 0.717) is 50.3 Å². The zero-order valence-electron chi connectivity index (χ0n) is 24.7. The van der Waals surface area contributed by atoms with Gasteiger partial charge in [-0.15, -0.1) is 0 Å². The first-order valence-electron chi connectivity index (χ1n) is 15.1. The second-order valence-electron chi connectivity index (χ2n) is 12.3. The van der Waals surface area contributed by atoms with Crippen molar-refractivity contribution >= 4 is 29.5 Å². The molecule has 0 spiro atoms. The van der Waals surface area contributed by atoms with Gasteiger partial charge < -0.3 is 25.4 Å². The van der Waals surface area contributed by atoms with Crippen LogP contribution in [0.3, 0.4) is 0 Å². The molecule has 0 bridgehead atoms. The number of aliphatic hydroxyl groups is 1. The Morgan fingerprint density at radius 2 is 1.74 bits per heavy atom. The van der Waals surface area contributed by atoms with Gasteiger partial charge in [0.25, 0.3) is 0 Å². The van der Waals surface area contributed by atoms with Crippen LogP contribution in [0.2, 0.25) is 5.02 Å². The number of benzene rings is 2. The second-order valence-corrected chi connectivity index (χ2v) is 12.7. The SMILES string of the molecule is CC1(C)CN(C(=O)[C@@H](CCCCNC(=O)OCc2ccccc2)NC(=O)C2CCCC2)CC[C@]1(O)c1ccc(Cl)cc1. The third-order valence-electron chi connectivity index (χ3n) is 8.82. The minimum Gasteiger partial charge on any atom is -0.445 e. The zero-order chi connectivity index (χ0) is 30.2. The fourth-order valence-electron chi connectivity index (χ4n) is 6.16. The van der Waals surface area contributed by atoms with E-state index in [1.54, 1.807) is 17.0 Å². The van der Waals surface area contributed by atoms with Crippen molar-refractivity contribution in [1.29, 1.82) is 0 Å². The lowest BCUT2D eigenvalue weighted by atomic mass is 9.66. The van der Waals surface area contributed by atoms with Crippen LogP contribution in [0.25, 0.3) is 0 Å². The van der Waals surface area contributed by atoms with Gasteiger partial charge in [0, 0.05) is 36.0 Å². The monoisotopic (exact) mass is 597 g/mol. The zero-order valence-corrected chi connectivity index (χ0v) is 25.5. The molecular weight excluding hydrogens is 554 g/mol. The second kappa shape index (κ2) is 14.4. The summed E-state index contributed by atoms with van der Waals surface area (Å²) in [4.78, 5) is 40.7. The number of nitrogens with zero attached hydrogens (tertiary/aromatic N) is 1. The number of amides is 3. The molecule has 4 rings (SSSR count). The summed E-state index contributed by atoms with van der Waals surface area (Å²) in [5, 5.41) is 18.2. The van der Waals surface area contributed by atoms with E-state index in [-0.39, 0.29) is 24.3 Å². The van der Waals surface area contributed by atoms with Gasteiger partial charge >= 0.3 is 6.09 Å². The van der Waals surface area contributed by atoms with Crippen molar-refractivity contribution in [3.63, 3.8) is 0 Å². The van der Waals surface area contributed by atoms with Crippen LogP contribution in [0.1, 0.15) is 76.3 Å². The van der Waals surface area contributed by atoms with Gasteiger partial charge in [0.05, 0.1) is 5.60 Å². The third kappa shape index (κ3) is 8.04. The molecule has 2 aromatic carbocycles. The Balaban J connectivity index is 1.32. The Hall–Kier alpha value is -3.10. The fraction of sp³-hybridized carbons (Fsp3) is 0.545. The molecule has 1 saturated carbocycles. The number of carbonyl (C=O) groups is 3. The first kappa shape index (κ1) is 31.8. The lowest BCUT2D eigenvalue weighted by Crippen LogP contribution is -2.60. The van der Waals surface area contributed by atoms with E-state index in [1.807, 2.05) is 56.3 Å². The topological polar surface area (TPSA) is 108 Å². The van der Waals surface area contributed by atoms with E-state index in [9.17, 15) is 19.5 Å². The highest BCUT2D eigenvalue weighted by Gasteiger charge is 2.50. The Morgan fingerprint density at radius 3 is 2.40 bits per heavy atom. The van der Waals surface area contributed by atoms with Gasteiger partial charge in [0.2, 0.25) is 11.8 Å². The minimum atomic E-state index is -1.11. The highest BCUT2D eigenvalue weighted by Crippen LogP contribution is 2.46. The molecule has 0 aromatic heterocycles. The van der Waals surface area contributed by atoms with Crippen molar-refractivity contribution in [2.75, 3.05) is 19.6 Å². The van der Waals surface area contributed by atoms with Crippen molar-refractivity contribution in [1.82, 2.24) is 15.5 Å². The fourth-order valence-corrected chi connectivity index (χ4v) is 6.29. The number of alkyl carbamates (subject to hydrolysis) is 1. The molecule has 228 valence electrons. The Labute approximate surface area is 254 Å². The molecule has 2 atom stereocenters. The van der Waals surface area contributed by atoms with Crippen LogP contribution in [0, 0.1) is 11.3 Å². The Bertz CT molecular complexity index is 1200. The molecule has 1 saturated heterocycles. The number of nitrogens with one attached hydrogen (secondary N) is 2. The number of hydrogen-bond donors (Lipinski definition) is 3. The van der Waals surface area contributed by atoms with E-state index >= 15 is 0 Å². The largest absolute Gasteiger partial charge is 0.445 e.